The maximum Gasteiger partial charge on any atom is 0.278 e. The van der Waals surface area contributed by atoms with Crippen molar-refractivity contribution in [1.82, 2.24) is 0 Å². The van der Waals surface area contributed by atoms with Crippen LogP contribution in [0.5, 0.6) is 0 Å². The standard InChI is InChI=1S/C7H2Cl5NO2/c8-3-1-2-4(13(14)15)5(6(3)9)7(10,11)12/h1-2H. The molecule has 3 nitrogen and oxygen atoms in total. The largest absolute Gasteiger partial charge is 0.278 e. The van der Waals surface area contributed by atoms with Crippen LogP contribution in [-0.4, -0.2) is 4.92 Å². The number of hydrogen-bond acceptors (Lipinski definition) is 2. The third-order valence-corrected chi connectivity index (χ3v) is 2.92. The van der Waals surface area contributed by atoms with Crippen molar-refractivity contribution < 1.29 is 4.92 Å². The van der Waals surface area contributed by atoms with Gasteiger partial charge in [0.2, 0.25) is 3.79 Å². The average Bonchev–Trinajstić information content (AvgIpc) is 2.06. The summed E-state index contributed by atoms with van der Waals surface area (Å²) in [6.07, 6.45) is 0. The molecule has 0 saturated heterocycles. The summed E-state index contributed by atoms with van der Waals surface area (Å²) in [6.45, 7) is 0. The molecule has 1 rings (SSSR count). The van der Waals surface area contributed by atoms with E-state index in [1.165, 1.54) is 6.07 Å². The highest BCUT2D eigenvalue weighted by Gasteiger charge is 2.35. The zero-order valence-electron chi connectivity index (χ0n) is 6.81. The second-order valence-corrected chi connectivity index (χ2v) is 5.58. The fourth-order valence-electron chi connectivity index (χ4n) is 0.962. The van der Waals surface area contributed by atoms with E-state index in [0.29, 0.717) is 0 Å². The number of benzene rings is 1. The predicted molar refractivity (Wildman–Crippen MR) is 62.4 cm³/mol. The molecule has 1 aromatic rings. The van der Waals surface area contributed by atoms with Crippen LogP contribution in [0.3, 0.4) is 0 Å². The number of nitro groups is 1. The molecule has 0 amide bonds. The second-order valence-electron chi connectivity index (χ2n) is 2.51. The third-order valence-electron chi connectivity index (χ3n) is 1.55. The minimum Gasteiger partial charge on any atom is -0.258 e. The normalized spacial score (nSPS) is 11.5. The first-order valence-corrected chi connectivity index (χ1v) is 5.33. The van der Waals surface area contributed by atoms with Crippen molar-refractivity contribution in [2.45, 2.75) is 3.79 Å². The molecule has 0 aromatic heterocycles. The summed E-state index contributed by atoms with van der Waals surface area (Å²) in [5.74, 6) is 0. The molecule has 82 valence electrons. The topological polar surface area (TPSA) is 43.1 Å². The van der Waals surface area contributed by atoms with E-state index in [4.69, 9.17) is 58.0 Å². The van der Waals surface area contributed by atoms with Gasteiger partial charge in [-0.3, -0.25) is 10.1 Å². The molecule has 0 aliphatic heterocycles. The highest BCUT2D eigenvalue weighted by molar-refractivity contribution is 6.67. The Morgan fingerprint density at radius 3 is 2.13 bits per heavy atom. The van der Waals surface area contributed by atoms with Crippen LogP contribution in [0.25, 0.3) is 0 Å². The number of halogens is 5. The highest BCUT2D eigenvalue weighted by atomic mass is 35.6. The first-order valence-electron chi connectivity index (χ1n) is 3.44. The molecular weight excluding hydrogens is 307 g/mol. The molecule has 0 heterocycles. The molecule has 0 bridgehead atoms. The number of alkyl halides is 3. The monoisotopic (exact) mass is 307 g/mol. The van der Waals surface area contributed by atoms with Gasteiger partial charge in [-0.25, -0.2) is 0 Å². The smallest absolute Gasteiger partial charge is 0.258 e. The van der Waals surface area contributed by atoms with Gasteiger partial charge < -0.3 is 0 Å². The van der Waals surface area contributed by atoms with E-state index in [9.17, 15) is 10.1 Å². The van der Waals surface area contributed by atoms with Crippen LogP contribution in [0.2, 0.25) is 10.0 Å². The van der Waals surface area contributed by atoms with E-state index >= 15 is 0 Å². The number of hydrogen-bond donors (Lipinski definition) is 0. The summed E-state index contributed by atoms with van der Waals surface area (Å²) >= 11 is 28.1. The summed E-state index contributed by atoms with van der Waals surface area (Å²) in [5, 5.41) is 10.6. The zero-order valence-corrected chi connectivity index (χ0v) is 10.6. The summed E-state index contributed by atoms with van der Waals surface area (Å²) in [6, 6.07) is 2.40. The summed E-state index contributed by atoms with van der Waals surface area (Å²) in [4.78, 5) is 9.96. The Bertz CT molecular complexity index is 415. The van der Waals surface area contributed by atoms with Gasteiger partial charge in [-0.05, 0) is 6.07 Å². The van der Waals surface area contributed by atoms with Crippen LogP contribution in [-0.2, 0) is 3.79 Å². The lowest BCUT2D eigenvalue weighted by atomic mass is 10.2. The lowest BCUT2D eigenvalue weighted by Gasteiger charge is -2.13. The van der Waals surface area contributed by atoms with Crippen LogP contribution < -0.4 is 0 Å². The van der Waals surface area contributed by atoms with Gasteiger partial charge >= 0.3 is 0 Å². The molecule has 1 aromatic carbocycles. The quantitative estimate of drug-likeness (QED) is 0.427. The molecule has 8 heteroatoms. The molecule has 0 fully saturated rings. The van der Waals surface area contributed by atoms with Gasteiger partial charge in [-0.15, -0.1) is 0 Å². The maximum atomic E-state index is 10.7. The summed E-state index contributed by atoms with van der Waals surface area (Å²) in [5.41, 5.74) is -0.615. The molecule has 0 aliphatic rings. The van der Waals surface area contributed by atoms with Crippen molar-refractivity contribution >= 4 is 63.7 Å². The van der Waals surface area contributed by atoms with E-state index in [2.05, 4.69) is 0 Å². The Kier molecular flexibility index (Phi) is 3.95. The molecular formula is C7H2Cl5NO2. The van der Waals surface area contributed by atoms with Crippen molar-refractivity contribution in [2.24, 2.45) is 0 Å². The number of rotatable bonds is 1. The molecule has 0 N–H and O–H groups in total. The Labute approximate surface area is 110 Å². The fourth-order valence-corrected chi connectivity index (χ4v) is 2.14. The molecule has 15 heavy (non-hydrogen) atoms. The lowest BCUT2D eigenvalue weighted by Crippen LogP contribution is -2.06. The first kappa shape index (κ1) is 13.1. The number of nitrogens with zero attached hydrogens (tertiary/aromatic N) is 1. The van der Waals surface area contributed by atoms with Crippen LogP contribution in [0.15, 0.2) is 12.1 Å². The SMILES string of the molecule is O=[N+]([O-])c1ccc(Cl)c(Cl)c1C(Cl)(Cl)Cl. The van der Waals surface area contributed by atoms with E-state index in [-0.39, 0.29) is 21.3 Å². The van der Waals surface area contributed by atoms with Gasteiger partial charge in [0.15, 0.2) is 0 Å². The van der Waals surface area contributed by atoms with Crippen molar-refractivity contribution in [2.75, 3.05) is 0 Å². The fraction of sp³-hybridized carbons (Fsp3) is 0.143. The Morgan fingerprint density at radius 1 is 1.20 bits per heavy atom. The minimum absolute atomic E-state index is 0.0867. The van der Waals surface area contributed by atoms with Crippen LogP contribution in [0.1, 0.15) is 5.56 Å². The van der Waals surface area contributed by atoms with Crippen LogP contribution in [0.4, 0.5) is 5.69 Å². The molecule has 0 spiro atoms. The molecule has 0 atom stereocenters. The molecule has 0 aliphatic carbocycles. The molecule has 0 unspecified atom stereocenters. The molecule has 0 radical (unpaired) electrons. The van der Waals surface area contributed by atoms with Gasteiger partial charge in [0.05, 0.1) is 15.0 Å². The average molecular weight is 309 g/mol. The van der Waals surface area contributed by atoms with Gasteiger partial charge in [0, 0.05) is 6.07 Å². The third kappa shape index (κ3) is 2.80. The predicted octanol–water partition coefficient (Wildman–Crippen LogP) is 4.73. The van der Waals surface area contributed by atoms with Crippen molar-refractivity contribution in [1.29, 1.82) is 0 Å². The van der Waals surface area contributed by atoms with Gasteiger partial charge in [0.1, 0.15) is 5.56 Å². The van der Waals surface area contributed by atoms with Crippen LogP contribution in [0, 0.1) is 10.1 Å². The Hall–Kier alpha value is 0.0700. The molecule has 0 saturated carbocycles. The Balaban J connectivity index is 3.57. The maximum absolute atomic E-state index is 10.7. The van der Waals surface area contributed by atoms with E-state index in [0.717, 1.165) is 6.07 Å². The van der Waals surface area contributed by atoms with Gasteiger partial charge in [-0.1, -0.05) is 58.0 Å². The summed E-state index contributed by atoms with van der Waals surface area (Å²) < 4.78 is -2.00. The van der Waals surface area contributed by atoms with E-state index < -0.39 is 8.72 Å². The van der Waals surface area contributed by atoms with Crippen molar-refractivity contribution in [3.05, 3.63) is 37.9 Å². The van der Waals surface area contributed by atoms with Gasteiger partial charge in [0.25, 0.3) is 5.69 Å². The van der Waals surface area contributed by atoms with E-state index in [1.54, 1.807) is 0 Å². The van der Waals surface area contributed by atoms with Crippen LogP contribution >= 0.6 is 58.0 Å². The first-order chi connectivity index (χ1) is 6.75. The van der Waals surface area contributed by atoms with Crippen molar-refractivity contribution in [3.8, 4) is 0 Å². The van der Waals surface area contributed by atoms with Gasteiger partial charge in [-0.2, -0.15) is 0 Å². The number of nitro benzene ring substituents is 1. The van der Waals surface area contributed by atoms with E-state index in [1.807, 2.05) is 0 Å². The summed E-state index contributed by atoms with van der Waals surface area (Å²) in [7, 11) is 0. The van der Waals surface area contributed by atoms with Crippen molar-refractivity contribution in [3.63, 3.8) is 0 Å². The lowest BCUT2D eigenvalue weighted by molar-refractivity contribution is -0.385. The highest BCUT2D eigenvalue weighted by Crippen LogP contribution is 2.48. The zero-order chi connectivity index (χ0) is 11.8. The Morgan fingerprint density at radius 2 is 1.73 bits per heavy atom. The second kappa shape index (κ2) is 4.52. The minimum atomic E-state index is -2.00.